The standard InChI is InChI=1S/C28H27N3O4/c32-26(29-19-20-9-3-1-4-10-20)25-28(17-7-2-8-18-28)23-11-5-6-12-24(23)30(25)27(33)21-13-15-22(16-14-21)31(34)35/h1,3-6,9-16,25H,2,7-8,17-19H2,(H,29,32). The van der Waals surface area contributed by atoms with Crippen LogP contribution in [0.5, 0.6) is 0 Å². The van der Waals surface area contributed by atoms with Crippen molar-refractivity contribution in [2.75, 3.05) is 4.90 Å². The molecule has 1 unspecified atom stereocenters. The summed E-state index contributed by atoms with van der Waals surface area (Å²) in [5, 5.41) is 14.2. The quantitative estimate of drug-likeness (QED) is 0.414. The largest absolute Gasteiger partial charge is 0.350 e. The van der Waals surface area contributed by atoms with Gasteiger partial charge in [0.2, 0.25) is 5.91 Å². The van der Waals surface area contributed by atoms with Gasteiger partial charge in [-0.15, -0.1) is 0 Å². The van der Waals surface area contributed by atoms with Crippen LogP contribution in [0.15, 0.2) is 78.9 Å². The molecule has 1 saturated carbocycles. The van der Waals surface area contributed by atoms with Crippen LogP contribution in [0.3, 0.4) is 0 Å². The topological polar surface area (TPSA) is 92.6 Å². The fraction of sp³-hybridized carbons (Fsp3) is 0.286. The Morgan fingerprint density at radius 1 is 0.914 bits per heavy atom. The van der Waals surface area contributed by atoms with E-state index in [1.54, 1.807) is 4.90 Å². The summed E-state index contributed by atoms with van der Waals surface area (Å²) in [5.74, 6) is -0.503. The van der Waals surface area contributed by atoms with Gasteiger partial charge in [-0.1, -0.05) is 67.8 Å². The van der Waals surface area contributed by atoms with Gasteiger partial charge in [-0.3, -0.25) is 24.6 Å². The lowest BCUT2D eigenvalue weighted by atomic mass is 9.66. The number of anilines is 1. The van der Waals surface area contributed by atoms with E-state index >= 15 is 0 Å². The summed E-state index contributed by atoms with van der Waals surface area (Å²) < 4.78 is 0. The van der Waals surface area contributed by atoms with Crippen molar-refractivity contribution in [1.82, 2.24) is 5.32 Å². The predicted molar refractivity (Wildman–Crippen MR) is 133 cm³/mol. The number of carbonyl (C=O) groups excluding carboxylic acids is 2. The molecule has 178 valence electrons. The second kappa shape index (κ2) is 9.33. The average molecular weight is 470 g/mol. The highest BCUT2D eigenvalue weighted by molar-refractivity contribution is 6.12. The normalized spacial score (nSPS) is 18.2. The van der Waals surface area contributed by atoms with Gasteiger partial charge in [0, 0.05) is 35.3 Å². The molecular weight excluding hydrogens is 442 g/mol. The number of nitrogens with zero attached hydrogens (tertiary/aromatic N) is 2. The number of carbonyl (C=O) groups is 2. The molecule has 0 bridgehead atoms. The average Bonchev–Trinajstić information content (AvgIpc) is 3.17. The SMILES string of the molecule is O=C(NCc1ccccc1)C1N(C(=O)c2ccc([N+](=O)[O-])cc2)c2ccccc2C12CCCCC2. The van der Waals surface area contributed by atoms with Crippen molar-refractivity contribution in [3.05, 3.63) is 106 Å². The first-order chi connectivity index (χ1) is 17.0. The van der Waals surface area contributed by atoms with Gasteiger partial charge in [0.25, 0.3) is 11.6 Å². The van der Waals surface area contributed by atoms with Gasteiger partial charge in [-0.05, 0) is 42.2 Å². The van der Waals surface area contributed by atoms with Gasteiger partial charge in [0.05, 0.1) is 4.92 Å². The van der Waals surface area contributed by atoms with Crippen LogP contribution < -0.4 is 10.2 Å². The van der Waals surface area contributed by atoms with E-state index in [2.05, 4.69) is 5.32 Å². The second-order valence-corrected chi connectivity index (χ2v) is 9.32. The Morgan fingerprint density at radius 3 is 2.26 bits per heavy atom. The third-order valence-electron chi connectivity index (χ3n) is 7.33. The highest BCUT2D eigenvalue weighted by Gasteiger charge is 2.56. The van der Waals surface area contributed by atoms with Crippen molar-refractivity contribution in [1.29, 1.82) is 0 Å². The van der Waals surface area contributed by atoms with Crippen LogP contribution >= 0.6 is 0 Å². The first-order valence-electron chi connectivity index (χ1n) is 12.0. The molecule has 1 aliphatic carbocycles. The van der Waals surface area contributed by atoms with Crippen LogP contribution in [0.1, 0.15) is 53.6 Å². The summed E-state index contributed by atoms with van der Waals surface area (Å²) in [6.07, 6.45) is 4.76. The Balaban J connectivity index is 1.55. The number of fused-ring (bicyclic) bond motifs is 2. The maximum Gasteiger partial charge on any atom is 0.269 e. The first-order valence-corrected chi connectivity index (χ1v) is 12.0. The van der Waals surface area contributed by atoms with Crippen LogP contribution in [0.2, 0.25) is 0 Å². The molecule has 7 nitrogen and oxygen atoms in total. The van der Waals surface area contributed by atoms with Gasteiger partial charge in [-0.25, -0.2) is 0 Å². The molecule has 7 heteroatoms. The summed E-state index contributed by atoms with van der Waals surface area (Å²) in [7, 11) is 0. The molecule has 2 amide bonds. The monoisotopic (exact) mass is 469 g/mol. The van der Waals surface area contributed by atoms with Crippen molar-refractivity contribution in [3.8, 4) is 0 Å². The third kappa shape index (κ3) is 4.07. The number of nitrogens with one attached hydrogen (secondary N) is 1. The van der Waals surface area contributed by atoms with E-state index in [9.17, 15) is 19.7 Å². The minimum Gasteiger partial charge on any atom is -0.350 e. The maximum atomic E-state index is 13.9. The zero-order valence-electron chi connectivity index (χ0n) is 19.4. The lowest BCUT2D eigenvalue weighted by Crippen LogP contribution is -2.56. The lowest BCUT2D eigenvalue weighted by Gasteiger charge is -2.40. The molecule has 2 aliphatic rings. The van der Waals surface area contributed by atoms with Crippen molar-refractivity contribution < 1.29 is 14.5 Å². The molecule has 1 spiro atoms. The third-order valence-corrected chi connectivity index (χ3v) is 7.33. The molecular formula is C28H27N3O4. The fourth-order valence-corrected chi connectivity index (χ4v) is 5.71. The highest BCUT2D eigenvalue weighted by Crippen LogP contribution is 2.53. The van der Waals surface area contributed by atoms with Gasteiger partial charge in [0.15, 0.2) is 0 Å². The Kier molecular flexibility index (Phi) is 6.07. The van der Waals surface area contributed by atoms with E-state index in [1.165, 1.54) is 24.3 Å². The number of nitro benzene ring substituents is 1. The van der Waals surface area contributed by atoms with Crippen LogP contribution in [-0.4, -0.2) is 22.8 Å². The molecule has 3 aromatic rings. The van der Waals surface area contributed by atoms with Crippen molar-refractivity contribution in [2.24, 2.45) is 0 Å². The molecule has 0 radical (unpaired) electrons. The number of benzene rings is 3. The number of rotatable bonds is 5. The summed E-state index contributed by atoms with van der Waals surface area (Å²) in [6.45, 7) is 0.377. The van der Waals surface area contributed by atoms with Crippen molar-refractivity contribution in [2.45, 2.75) is 50.1 Å². The minimum absolute atomic E-state index is 0.0794. The van der Waals surface area contributed by atoms with Crippen LogP contribution in [0, 0.1) is 10.1 Å². The molecule has 1 aliphatic heterocycles. The van der Waals surface area contributed by atoms with Crippen LogP contribution in [0.25, 0.3) is 0 Å². The van der Waals surface area contributed by atoms with E-state index in [4.69, 9.17) is 0 Å². The second-order valence-electron chi connectivity index (χ2n) is 9.32. The Morgan fingerprint density at radius 2 is 1.57 bits per heavy atom. The summed E-state index contributed by atoms with van der Waals surface area (Å²) in [4.78, 5) is 40.0. The molecule has 1 fully saturated rings. The lowest BCUT2D eigenvalue weighted by molar-refractivity contribution is -0.384. The molecule has 3 aromatic carbocycles. The zero-order valence-corrected chi connectivity index (χ0v) is 19.4. The van der Waals surface area contributed by atoms with E-state index in [-0.39, 0.29) is 17.5 Å². The van der Waals surface area contributed by atoms with E-state index in [1.807, 2.05) is 54.6 Å². The Bertz CT molecular complexity index is 1250. The minimum atomic E-state index is -0.688. The molecule has 0 aromatic heterocycles. The summed E-state index contributed by atoms with van der Waals surface area (Å²) in [6, 6.07) is 22.4. The number of non-ortho nitro benzene ring substituents is 1. The fourth-order valence-electron chi connectivity index (χ4n) is 5.71. The molecule has 35 heavy (non-hydrogen) atoms. The van der Waals surface area contributed by atoms with Crippen molar-refractivity contribution in [3.63, 3.8) is 0 Å². The summed E-state index contributed by atoms with van der Waals surface area (Å²) in [5.41, 5.74) is 2.56. The molecule has 0 saturated heterocycles. The number of hydrogen-bond donors (Lipinski definition) is 1. The number of nitro groups is 1. The zero-order chi connectivity index (χ0) is 24.4. The van der Waals surface area contributed by atoms with Gasteiger partial charge in [-0.2, -0.15) is 0 Å². The first kappa shape index (κ1) is 22.8. The number of amides is 2. The highest BCUT2D eigenvalue weighted by atomic mass is 16.6. The van der Waals surface area contributed by atoms with Gasteiger partial charge in [0.1, 0.15) is 6.04 Å². The van der Waals surface area contributed by atoms with Gasteiger partial charge < -0.3 is 5.32 Å². The molecule has 1 atom stereocenters. The Hall–Kier alpha value is -4.00. The van der Waals surface area contributed by atoms with Crippen LogP contribution in [-0.2, 0) is 16.8 Å². The summed E-state index contributed by atoms with van der Waals surface area (Å²) >= 11 is 0. The smallest absolute Gasteiger partial charge is 0.269 e. The predicted octanol–water partition coefficient (Wildman–Crippen LogP) is 5.14. The van der Waals surface area contributed by atoms with E-state index in [0.29, 0.717) is 12.1 Å². The van der Waals surface area contributed by atoms with Crippen molar-refractivity contribution >= 4 is 23.2 Å². The number of para-hydroxylation sites is 1. The van der Waals surface area contributed by atoms with E-state index < -0.39 is 16.4 Å². The number of hydrogen-bond acceptors (Lipinski definition) is 4. The van der Waals surface area contributed by atoms with Gasteiger partial charge >= 0.3 is 0 Å². The molecule has 1 N–H and O–H groups in total. The Labute approximate surface area is 203 Å². The molecule has 1 heterocycles. The maximum absolute atomic E-state index is 13.9. The molecule has 5 rings (SSSR count). The van der Waals surface area contributed by atoms with Crippen LogP contribution in [0.4, 0.5) is 11.4 Å². The van der Waals surface area contributed by atoms with E-state index in [0.717, 1.165) is 48.9 Å².